The Balaban J connectivity index is 4.21. The molecule has 0 aromatic carbocycles. The summed E-state index contributed by atoms with van der Waals surface area (Å²) in [5.41, 5.74) is 0. The Hall–Kier alpha value is -1.59. The zero-order chi connectivity index (χ0) is 41.9. The third kappa shape index (κ3) is 45.3. The summed E-state index contributed by atoms with van der Waals surface area (Å²) >= 11 is 0. The summed E-state index contributed by atoms with van der Waals surface area (Å²) in [6, 6.07) is 0. The maximum atomic E-state index is 12.7. The van der Waals surface area contributed by atoms with E-state index in [0.717, 1.165) is 69.6 Å². The Bertz CT molecular complexity index is 870. The molecule has 0 aromatic rings. The molecule has 0 rings (SSSR count). The molecule has 0 aliphatic heterocycles. The fourth-order valence-electron chi connectivity index (χ4n) is 7.64. The summed E-state index contributed by atoms with van der Waals surface area (Å²) in [5, 5.41) is 0. The van der Waals surface area contributed by atoms with E-state index in [-0.39, 0.29) is 31.1 Å². The quantitative estimate of drug-likeness (QED) is 0.0346. The number of carbonyl (C=O) groups excluding carboxylic acids is 3. The van der Waals surface area contributed by atoms with Crippen LogP contribution in [-0.4, -0.2) is 37.2 Å². The molecule has 0 saturated heterocycles. The lowest BCUT2D eigenvalue weighted by molar-refractivity contribution is -0.167. The molecule has 6 nitrogen and oxygen atoms in total. The van der Waals surface area contributed by atoms with Gasteiger partial charge in [-0.3, -0.25) is 14.4 Å². The molecule has 0 saturated carbocycles. The zero-order valence-corrected chi connectivity index (χ0v) is 39.0. The molecule has 1 atom stereocenters. The van der Waals surface area contributed by atoms with Gasteiger partial charge < -0.3 is 14.2 Å². The molecule has 338 valence electrons. The molecule has 0 aliphatic rings. The average Bonchev–Trinajstić information content (AvgIpc) is 3.18. The zero-order valence-electron chi connectivity index (χ0n) is 39.0. The Morgan fingerprint density at radius 2 is 0.579 bits per heavy atom. The van der Waals surface area contributed by atoms with Crippen molar-refractivity contribution in [2.45, 2.75) is 285 Å². The average molecular weight is 807 g/mol. The molecule has 6 heteroatoms. The van der Waals surface area contributed by atoms with Crippen molar-refractivity contribution in [1.29, 1.82) is 0 Å². The molecule has 57 heavy (non-hydrogen) atoms. The molecule has 0 fully saturated rings. The van der Waals surface area contributed by atoms with Gasteiger partial charge in [0.15, 0.2) is 6.10 Å². The van der Waals surface area contributed by atoms with E-state index < -0.39 is 6.10 Å². The van der Waals surface area contributed by atoms with E-state index in [1.54, 1.807) is 0 Å². The lowest BCUT2D eigenvalue weighted by Gasteiger charge is -2.18. The van der Waals surface area contributed by atoms with Crippen LogP contribution < -0.4 is 0 Å². The van der Waals surface area contributed by atoms with Gasteiger partial charge in [-0.05, 0) is 31.1 Å². The van der Waals surface area contributed by atoms with Crippen LogP contribution in [0, 0.1) is 11.8 Å². The number of ether oxygens (including phenoxy) is 3. The van der Waals surface area contributed by atoms with E-state index in [1.165, 1.54) is 167 Å². The molecule has 0 bridgehead atoms. The first-order valence-electron chi connectivity index (χ1n) is 25.2. The Kier molecular flexibility index (Phi) is 42.7. The van der Waals surface area contributed by atoms with Gasteiger partial charge in [-0.15, -0.1) is 0 Å². The first-order valence-corrected chi connectivity index (χ1v) is 25.2. The summed E-state index contributed by atoms with van der Waals surface area (Å²) in [5.74, 6) is 0.698. The van der Waals surface area contributed by atoms with Crippen molar-refractivity contribution in [3.63, 3.8) is 0 Å². The molecule has 0 N–H and O–H groups in total. The summed E-state index contributed by atoms with van der Waals surface area (Å²) in [7, 11) is 0. The second-order valence-corrected chi connectivity index (χ2v) is 18.4. The molecule has 0 heterocycles. The van der Waals surface area contributed by atoms with E-state index in [1.807, 2.05) is 0 Å². The summed E-state index contributed by atoms with van der Waals surface area (Å²) < 4.78 is 16.7. The fraction of sp³-hybridized carbons (Fsp3) is 0.941. The van der Waals surface area contributed by atoms with Crippen LogP contribution in [0.15, 0.2) is 0 Å². The van der Waals surface area contributed by atoms with Gasteiger partial charge in [-0.25, -0.2) is 0 Å². The highest BCUT2D eigenvalue weighted by atomic mass is 16.6. The highest BCUT2D eigenvalue weighted by Gasteiger charge is 2.19. The first-order chi connectivity index (χ1) is 27.7. The van der Waals surface area contributed by atoms with Gasteiger partial charge >= 0.3 is 17.9 Å². The van der Waals surface area contributed by atoms with Crippen molar-refractivity contribution in [3.05, 3.63) is 0 Å². The molecule has 0 unspecified atom stereocenters. The third-order valence-corrected chi connectivity index (χ3v) is 11.5. The number of unbranched alkanes of at least 4 members (excludes halogenated alkanes) is 30. The van der Waals surface area contributed by atoms with Gasteiger partial charge in [0.1, 0.15) is 13.2 Å². The van der Waals surface area contributed by atoms with Crippen molar-refractivity contribution in [1.82, 2.24) is 0 Å². The van der Waals surface area contributed by atoms with Crippen LogP contribution >= 0.6 is 0 Å². The van der Waals surface area contributed by atoms with Crippen LogP contribution in [0.2, 0.25) is 0 Å². The maximum absolute atomic E-state index is 12.7. The van der Waals surface area contributed by atoms with Gasteiger partial charge in [0, 0.05) is 19.3 Å². The van der Waals surface area contributed by atoms with Crippen molar-refractivity contribution in [2.24, 2.45) is 11.8 Å². The second-order valence-electron chi connectivity index (χ2n) is 18.4. The number of rotatable bonds is 45. The van der Waals surface area contributed by atoms with Crippen LogP contribution in [0.5, 0.6) is 0 Å². The number of esters is 3. The fourth-order valence-corrected chi connectivity index (χ4v) is 7.64. The van der Waals surface area contributed by atoms with Crippen molar-refractivity contribution in [3.8, 4) is 0 Å². The topological polar surface area (TPSA) is 78.9 Å². The molecule has 0 spiro atoms. The number of hydrogen-bond acceptors (Lipinski definition) is 6. The van der Waals surface area contributed by atoms with Crippen molar-refractivity contribution >= 4 is 17.9 Å². The predicted molar refractivity (Wildman–Crippen MR) is 243 cm³/mol. The molecule has 0 aromatic heterocycles. The van der Waals surface area contributed by atoms with E-state index in [0.29, 0.717) is 19.3 Å². The molecule has 0 aliphatic carbocycles. The Morgan fingerprint density at radius 3 is 0.860 bits per heavy atom. The maximum Gasteiger partial charge on any atom is 0.306 e. The van der Waals surface area contributed by atoms with Gasteiger partial charge in [-0.1, -0.05) is 240 Å². The third-order valence-electron chi connectivity index (χ3n) is 11.5. The lowest BCUT2D eigenvalue weighted by Crippen LogP contribution is -2.30. The van der Waals surface area contributed by atoms with E-state index in [2.05, 4.69) is 34.6 Å². The molecule has 0 radical (unpaired) electrons. The van der Waals surface area contributed by atoms with E-state index in [4.69, 9.17) is 14.2 Å². The highest BCUT2D eigenvalue weighted by molar-refractivity contribution is 5.71. The molecular weight excluding hydrogens is 709 g/mol. The SMILES string of the molecule is CCCCCCCCCCCCCCCCCCCCCC(=O)OC[C@@H](COC(=O)CCCCCCCCC(C)C)OC(=O)CCCCCCCCCCC(C)C. The summed E-state index contributed by atoms with van der Waals surface area (Å²) in [4.78, 5) is 37.8. The highest BCUT2D eigenvalue weighted by Crippen LogP contribution is 2.17. The van der Waals surface area contributed by atoms with Gasteiger partial charge in [-0.2, -0.15) is 0 Å². The minimum absolute atomic E-state index is 0.0653. The van der Waals surface area contributed by atoms with E-state index >= 15 is 0 Å². The smallest absolute Gasteiger partial charge is 0.306 e. The van der Waals surface area contributed by atoms with Crippen LogP contribution in [-0.2, 0) is 28.6 Å². The van der Waals surface area contributed by atoms with Crippen LogP contribution in [0.25, 0.3) is 0 Å². The van der Waals surface area contributed by atoms with Crippen LogP contribution in [0.4, 0.5) is 0 Å². The standard InChI is InChI=1S/C51H98O6/c1-6-7-8-9-10-11-12-13-14-15-16-17-18-19-20-21-25-31-36-41-49(52)55-44-48(45-56-50(53)42-37-32-28-27-30-35-40-47(4)5)57-51(54)43-38-33-26-23-22-24-29-34-39-46(2)3/h46-48H,6-45H2,1-5H3/t48-/m0/s1. The van der Waals surface area contributed by atoms with Gasteiger partial charge in [0.2, 0.25) is 0 Å². The molecular formula is C51H98O6. The summed E-state index contributed by atoms with van der Waals surface area (Å²) in [6.45, 7) is 11.3. The monoisotopic (exact) mass is 807 g/mol. The van der Waals surface area contributed by atoms with Crippen molar-refractivity contribution in [2.75, 3.05) is 13.2 Å². The summed E-state index contributed by atoms with van der Waals surface area (Å²) in [6.07, 6.45) is 44.0. The van der Waals surface area contributed by atoms with Gasteiger partial charge in [0.25, 0.3) is 0 Å². The molecule has 0 amide bonds. The largest absolute Gasteiger partial charge is 0.462 e. The van der Waals surface area contributed by atoms with Crippen LogP contribution in [0.3, 0.4) is 0 Å². The van der Waals surface area contributed by atoms with E-state index in [9.17, 15) is 14.4 Å². The van der Waals surface area contributed by atoms with Crippen molar-refractivity contribution < 1.29 is 28.6 Å². The lowest BCUT2D eigenvalue weighted by atomic mass is 10.0. The Morgan fingerprint density at radius 1 is 0.333 bits per heavy atom. The second kappa shape index (κ2) is 44.0. The Labute approximate surface area is 355 Å². The minimum atomic E-state index is -0.762. The normalized spacial score (nSPS) is 12.1. The number of hydrogen-bond donors (Lipinski definition) is 0. The van der Waals surface area contributed by atoms with Gasteiger partial charge in [0.05, 0.1) is 0 Å². The minimum Gasteiger partial charge on any atom is -0.462 e. The first kappa shape index (κ1) is 55.4. The predicted octanol–water partition coefficient (Wildman–Crippen LogP) is 16.1. The van der Waals surface area contributed by atoms with Crippen LogP contribution in [0.1, 0.15) is 279 Å². The number of carbonyl (C=O) groups is 3.